The smallest absolute Gasteiger partial charge is 0.253 e. The number of nitrogens with two attached hydrogens (primary N) is 1. The van der Waals surface area contributed by atoms with Gasteiger partial charge >= 0.3 is 0 Å². The number of anilines is 1. The van der Waals surface area contributed by atoms with E-state index in [1.54, 1.807) is 18.2 Å². The van der Waals surface area contributed by atoms with Gasteiger partial charge in [-0.1, -0.05) is 12.1 Å². The minimum absolute atomic E-state index is 0.0442. The van der Waals surface area contributed by atoms with Crippen LogP contribution in [0.15, 0.2) is 24.3 Å². The van der Waals surface area contributed by atoms with Crippen LogP contribution in [0.1, 0.15) is 0 Å². The van der Waals surface area contributed by atoms with Crippen LogP contribution in [-0.2, 0) is 4.79 Å². The van der Waals surface area contributed by atoms with Gasteiger partial charge in [0.1, 0.15) is 5.82 Å². The summed E-state index contributed by atoms with van der Waals surface area (Å²) in [6, 6.07) is 6.09. The number of carbonyl (C=O) groups excluding carboxylic acids is 1. The SMILES string of the molecule is NNC(=O)CNc1ccccc1F. The molecule has 0 atom stereocenters. The monoisotopic (exact) mass is 183 g/mol. The highest BCUT2D eigenvalue weighted by Gasteiger charge is 2.01. The summed E-state index contributed by atoms with van der Waals surface area (Å²) in [4.78, 5) is 10.7. The molecular weight excluding hydrogens is 173 g/mol. The maximum atomic E-state index is 12.9. The maximum absolute atomic E-state index is 12.9. The molecule has 1 aromatic carbocycles. The molecule has 0 spiro atoms. The summed E-state index contributed by atoms with van der Waals surface area (Å²) in [5, 5.41) is 2.60. The van der Waals surface area contributed by atoms with Crippen molar-refractivity contribution in [1.29, 1.82) is 0 Å². The van der Waals surface area contributed by atoms with Crippen LogP contribution in [0.2, 0.25) is 0 Å². The number of rotatable bonds is 3. The van der Waals surface area contributed by atoms with Crippen LogP contribution in [0.5, 0.6) is 0 Å². The fourth-order valence-corrected chi connectivity index (χ4v) is 0.831. The first-order chi connectivity index (χ1) is 6.24. The number of hydrogen-bond donors (Lipinski definition) is 3. The molecule has 0 bridgehead atoms. The van der Waals surface area contributed by atoms with Crippen LogP contribution >= 0.6 is 0 Å². The van der Waals surface area contributed by atoms with Crippen LogP contribution in [-0.4, -0.2) is 12.5 Å². The molecule has 0 aliphatic rings. The van der Waals surface area contributed by atoms with Gasteiger partial charge in [0, 0.05) is 0 Å². The Morgan fingerprint density at radius 2 is 2.15 bits per heavy atom. The molecule has 1 amide bonds. The molecule has 4 nitrogen and oxygen atoms in total. The summed E-state index contributed by atoms with van der Waals surface area (Å²) in [5.41, 5.74) is 2.21. The van der Waals surface area contributed by atoms with Crippen molar-refractivity contribution in [2.75, 3.05) is 11.9 Å². The van der Waals surface area contributed by atoms with E-state index in [0.29, 0.717) is 0 Å². The van der Waals surface area contributed by atoms with Gasteiger partial charge in [-0.3, -0.25) is 10.2 Å². The van der Waals surface area contributed by atoms with Crippen molar-refractivity contribution >= 4 is 11.6 Å². The summed E-state index contributed by atoms with van der Waals surface area (Å²) in [7, 11) is 0. The van der Waals surface area contributed by atoms with Crippen molar-refractivity contribution in [3.8, 4) is 0 Å². The third-order valence-corrected chi connectivity index (χ3v) is 1.47. The van der Waals surface area contributed by atoms with Gasteiger partial charge in [-0.15, -0.1) is 0 Å². The molecule has 4 N–H and O–H groups in total. The van der Waals surface area contributed by atoms with Gasteiger partial charge in [0.25, 0.3) is 5.91 Å². The average molecular weight is 183 g/mol. The van der Waals surface area contributed by atoms with Crippen LogP contribution in [0.3, 0.4) is 0 Å². The quantitative estimate of drug-likeness (QED) is 0.357. The van der Waals surface area contributed by atoms with Gasteiger partial charge < -0.3 is 5.32 Å². The Morgan fingerprint density at radius 3 is 2.77 bits per heavy atom. The summed E-state index contributed by atoms with van der Waals surface area (Å²) in [5.74, 6) is 4.05. The van der Waals surface area contributed by atoms with E-state index in [1.165, 1.54) is 6.07 Å². The molecule has 0 saturated heterocycles. The summed E-state index contributed by atoms with van der Waals surface area (Å²) >= 11 is 0. The van der Waals surface area contributed by atoms with Crippen molar-refractivity contribution in [3.05, 3.63) is 30.1 Å². The number of hydrazine groups is 1. The molecule has 0 saturated carbocycles. The third-order valence-electron chi connectivity index (χ3n) is 1.47. The number of benzene rings is 1. The molecule has 13 heavy (non-hydrogen) atoms. The lowest BCUT2D eigenvalue weighted by Crippen LogP contribution is -2.35. The zero-order chi connectivity index (χ0) is 9.68. The van der Waals surface area contributed by atoms with Gasteiger partial charge in [0.15, 0.2) is 0 Å². The highest BCUT2D eigenvalue weighted by atomic mass is 19.1. The molecular formula is C8H10FN3O. The highest BCUT2D eigenvalue weighted by Crippen LogP contribution is 2.11. The molecule has 1 aromatic rings. The largest absolute Gasteiger partial charge is 0.374 e. The molecule has 0 unspecified atom stereocenters. The minimum Gasteiger partial charge on any atom is -0.374 e. The number of nitrogens with one attached hydrogen (secondary N) is 2. The fraction of sp³-hybridized carbons (Fsp3) is 0.125. The molecule has 5 heteroatoms. The Hall–Kier alpha value is -1.62. The molecule has 0 aliphatic carbocycles. The summed E-state index contributed by atoms with van der Waals surface area (Å²) < 4.78 is 12.9. The topological polar surface area (TPSA) is 67.1 Å². The van der Waals surface area contributed by atoms with E-state index < -0.39 is 11.7 Å². The Balaban J connectivity index is 2.54. The van der Waals surface area contributed by atoms with Crippen molar-refractivity contribution in [2.24, 2.45) is 5.84 Å². The molecule has 1 rings (SSSR count). The number of para-hydroxylation sites is 1. The molecule has 0 aromatic heterocycles. The van der Waals surface area contributed by atoms with Crippen LogP contribution in [0, 0.1) is 5.82 Å². The normalized spacial score (nSPS) is 9.38. The maximum Gasteiger partial charge on any atom is 0.253 e. The first kappa shape index (κ1) is 9.47. The van der Waals surface area contributed by atoms with E-state index in [9.17, 15) is 9.18 Å². The van der Waals surface area contributed by atoms with Crippen molar-refractivity contribution in [1.82, 2.24) is 5.43 Å². The summed E-state index contributed by atoms with van der Waals surface area (Å²) in [6.07, 6.45) is 0. The zero-order valence-corrected chi connectivity index (χ0v) is 6.88. The second-order valence-electron chi connectivity index (χ2n) is 2.40. The van der Waals surface area contributed by atoms with Crippen molar-refractivity contribution in [3.63, 3.8) is 0 Å². The van der Waals surface area contributed by atoms with Crippen molar-refractivity contribution < 1.29 is 9.18 Å². The average Bonchev–Trinajstić information content (AvgIpc) is 2.16. The Kier molecular flexibility index (Phi) is 3.22. The van der Waals surface area contributed by atoms with E-state index >= 15 is 0 Å². The standard InChI is InChI=1S/C8H10FN3O/c9-6-3-1-2-4-7(6)11-5-8(13)12-10/h1-4,11H,5,10H2,(H,12,13). The Morgan fingerprint density at radius 1 is 1.46 bits per heavy atom. The fourth-order valence-electron chi connectivity index (χ4n) is 0.831. The van der Waals surface area contributed by atoms with E-state index in [0.717, 1.165) is 0 Å². The van der Waals surface area contributed by atoms with Crippen LogP contribution in [0.4, 0.5) is 10.1 Å². The predicted molar refractivity (Wildman–Crippen MR) is 47.2 cm³/mol. The molecule has 0 radical (unpaired) electrons. The first-order valence-corrected chi connectivity index (χ1v) is 3.72. The number of hydrogen-bond acceptors (Lipinski definition) is 3. The van der Waals surface area contributed by atoms with E-state index in [2.05, 4.69) is 5.32 Å². The molecule has 0 fully saturated rings. The highest BCUT2D eigenvalue weighted by molar-refractivity contribution is 5.80. The minimum atomic E-state index is -0.400. The summed E-state index contributed by atoms with van der Waals surface area (Å²) in [6.45, 7) is -0.0442. The Bertz CT molecular complexity index is 303. The number of amides is 1. The van der Waals surface area contributed by atoms with E-state index in [1.807, 2.05) is 5.43 Å². The third kappa shape index (κ3) is 2.72. The van der Waals surface area contributed by atoms with Gasteiger partial charge in [0.05, 0.1) is 12.2 Å². The van der Waals surface area contributed by atoms with Gasteiger partial charge in [-0.25, -0.2) is 10.2 Å². The van der Waals surface area contributed by atoms with Crippen molar-refractivity contribution in [2.45, 2.75) is 0 Å². The lowest BCUT2D eigenvalue weighted by Gasteiger charge is -2.05. The number of carbonyl (C=O) groups is 1. The van der Waals surface area contributed by atoms with E-state index in [4.69, 9.17) is 5.84 Å². The number of halogens is 1. The van der Waals surface area contributed by atoms with Crippen LogP contribution < -0.4 is 16.6 Å². The lowest BCUT2D eigenvalue weighted by molar-refractivity contribution is -0.119. The first-order valence-electron chi connectivity index (χ1n) is 3.72. The van der Waals surface area contributed by atoms with Gasteiger partial charge in [-0.2, -0.15) is 0 Å². The molecule has 70 valence electrons. The Labute approximate surface area is 74.9 Å². The second kappa shape index (κ2) is 4.42. The van der Waals surface area contributed by atoms with Crippen LogP contribution in [0.25, 0.3) is 0 Å². The lowest BCUT2D eigenvalue weighted by atomic mass is 10.3. The van der Waals surface area contributed by atoms with Gasteiger partial charge in [0.2, 0.25) is 0 Å². The second-order valence-corrected chi connectivity index (χ2v) is 2.40. The zero-order valence-electron chi connectivity index (χ0n) is 6.88. The predicted octanol–water partition coefficient (Wildman–Crippen LogP) is 0.227. The van der Waals surface area contributed by atoms with E-state index in [-0.39, 0.29) is 12.2 Å². The van der Waals surface area contributed by atoms with Gasteiger partial charge in [-0.05, 0) is 12.1 Å². The molecule has 0 aliphatic heterocycles. The molecule has 0 heterocycles.